The molecule has 138 valence electrons. The Morgan fingerprint density at radius 2 is 2.00 bits per heavy atom. The van der Waals surface area contributed by atoms with Crippen molar-refractivity contribution in [1.82, 2.24) is 5.32 Å². The van der Waals surface area contributed by atoms with Crippen LogP contribution in [0.15, 0.2) is 11.6 Å². The van der Waals surface area contributed by atoms with Crippen molar-refractivity contribution in [3.63, 3.8) is 0 Å². The summed E-state index contributed by atoms with van der Waals surface area (Å²) in [5.74, 6) is 2.86. The first kappa shape index (κ1) is 17.5. The fourth-order valence-corrected chi connectivity index (χ4v) is 7.01. The largest absolute Gasteiger partial charge is 0.317 e. The van der Waals surface area contributed by atoms with Crippen molar-refractivity contribution in [2.45, 2.75) is 71.6 Å². The molecule has 3 heteroatoms. The van der Waals surface area contributed by atoms with Crippen molar-refractivity contribution < 1.29 is 9.59 Å². The molecule has 3 nitrogen and oxygen atoms in total. The van der Waals surface area contributed by atoms with Crippen LogP contribution in [0.5, 0.6) is 0 Å². The van der Waals surface area contributed by atoms with E-state index in [-0.39, 0.29) is 10.8 Å². The Bertz CT molecular complexity index is 609. The zero-order chi connectivity index (χ0) is 17.7. The van der Waals surface area contributed by atoms with Crippen LogP contribution in [0.2, 0.25) is 0 Å². The van der Waals surface area contributed by atoms with E-state index in [0.29, 0.717) is 35.7 Å². The first-order valence-corrected chi connectivity index (χ1v) is 10.5. The van der Waals surface area contributed by atoms with E-state index in [9.17, 15) is 9.59 Å². The first-order valence-electron chi connectivity index (χ1n) is 10.5. The predicted molar refractivity (Wildman–Crippen MR) is 99.2 cm³/mol. The third kappa shape index (κ3) is 2.57. The van der Waals surface area contributed by atoms with Crippen LogP contribution < -0.4 is 5.32 Å². The zero-order valence-electron chi connectivity index (χ0n) is 15.9. The number of Topliss-reactive ketones (excluding diaryl/α,β-unsaturated/α-hetero) is 2. The molecule has 0 radical (unpaired) electrons. The summed E-state index contributed by atoms with van der Waals surface area (Å²) in [5.41, 5.74) is 1.63. The van der Waals surface area contributed by atoms with Crippen molar-refractivity contribution in [3.8, 4) is 0 Å². The molecule has 0 saturated heterocycles. The van der Waals surface area contributed by atoms with Crippen LogP contribution in [-0.2, 0) is 9.59 Å². The van der Waals surface area contributed by atoms with Crippen LogP contribution >= 0.6 is 0 Å². The van der Waals surface area contributed by atoms with Gasteiger partial charge in [0.05, 0.1) is 0 Å². The first-order chi connectivity index (χ1) is 12.0. The number of allylic oxidation sites excluding steroid dienone is 2. The summed E-state index contributed by atoms with van der Waals surface area (Å²) in [6.07, 6.45) is 11.3. The van der Waals surface area contributed by atoms with Gasteiger partial charge in [-0.15, -0.1) is 0 Å². The molecule has 3 fully saturated rings. The maximum atomic E-state index is 12.6. The number of hydrogen-bond donors (Lipinski definition) is 1. The summed E-state index contributed by atoms with van der Waals surface area (Å²) in [5, 5.41) is 3.52. The summed E-state index contributed by atoms with van der Waals surface area (Å²) in [6.45, 7) is 6.47. The highest BCUT2D eigenvalue weighted by Gasteiger charge is 2.59. The normalized spacial score (nSPS) is 43.3. The SMILES string of the molecule is CCNCCC12CCC(=O)CC1=CC[C@@H]1[C@@H]2CC[C@]2(C)C(=O)CC[C@@H]12. The number of nitrogens with one attached hydrogen (secondary N) is 1. The average molecular weight is 344 g/mol. The molecule has 0 aromatic carbocycles. The van der Waals surface area contributed by atoms with E-state index in [4.69, 9.17) is 0 Å². The van der Waals surface area contributed by atoms with E-state index in [2.05, 4.69) is 25.2 Å². The topological polar surface area (TPSA) is 46.2 Å². The molecule has 0 aromatic heterocycles. The molecule has 0 heterocycles. The second-order valence-corrected chi connectivity index (χ2v) is 9.24. The fourth-order valence-electron chi connectivity index (χ4n) is 7.01. The summed E-state index contributed by atoms with van der Waals surface area (Å²) in [7, 11) is 0. The predicted octanol–water partition coefficient (Wildman–Crippen LogP) is 4.07. The number of carbonyl (C=O) groups excluding carboxylic acids is 2. The number of hydrogen-bond acceptors (Lipinski definition) is 3. The number of carbonyl (C=O) groups is 2. The maximum absolute atomic E-state index is 12.6. The summed E-state index contributed by atoms with van der Waals surface area (Å²) >= 11 is 0. The third-order valence-electron chi connectivity index (χ3n) is 8.37. The van der Waals surface area contributed by atoms with E-state index in [1.54, 1.807) is 0 Å². The van der Waals surface area contributed by atoms with E-state index in [1.165, 1.54) is 18.4 Å². The second-order valence-electron chi connectivity index (χ2n) is 9.24. The Balaban J connectivity index is 1.67. The Hall–Kier alpha value is -0.960. The van der Waals surface area contributed by atoms with Crippen molar-refractivity contribution in [2.75, 3.05) is 13.1 Å². The molecular weight excluding hydrogens is 310 g/mol. The van der Waals surface area contributed by atoms with Crippen molar-refractivity contribution in [3.05, 3.63) is 11.6 Å². The molecule has 4 aliphatic rings. The van der Waals surface area contributed by atoms with Gasteiger partial charge >= 0.3 is 0 Å². The van der Waals surface area contributed by atoms with Crippen molar-refractivity contribution >= 4 is 11.6 Å². The van der Waals surface area contributed by atoms with Crippen molar-refractivity contribution in [1.29, 1.82) is 0 Å². The van der Waals surface area contributed by atoms with Crippen LogP contribution in [0.4, 0.5) is 0 Å². The number of rotatable bonds is 4. The van der Waals surface area contributed by atoms with E-state index in [1.807, 2.05) is 0 Å². The van der Waals surface area contributed by atoms with Crippen molar-refractivity contribution in [2.24, 2.45) is 28.6 Å². The monoisotopic (exact) mass is 343 g/mol. The lowest BCUT2D eigenvalue weighted by Gasteiger charge is -2.57. The minimum absolute atomic E-state index is 0.0557. The molecule has 0 aromatic rings. The number of fused-ring (bicyclic) bond motifs is 5. The van der Waals surface area contributed by atoms with Gasteiger partial charge in [-0.3, -0.25) is 9.59 Å². The lowest BCUT2D eigenvalue weighted by molar-refractivity contribution is -0.132. The molecule has 3 saturated carbocycles. The molecule has 4 aliphatic carbocycles. The Labute approximate surface area is 152 Å². The highest BCUT2D eigenvalue weighted by Crippen LogP contribution is 2.64. The summed E-state index contributed by atoms with van der Waals surface area (Å²) < 4.78 is 0. The molecule has 1 unspecified atom stereocenters. The van der Waals surface area contributed by atoms with Crippen LogP contribution in [-0.4, -0.2) is 24.7 Å². The lowest BCUT2D eigenvalue weighted by atomic mass is 9.47. The number of ketones is 2. The molecule has 4 rings (SSSR count). The van der Waals surface area contributed by atoms with E-state index in [0.717, 1.165) is 51.6 Å². The van der Waals surface area contributed by atoms with Gasteiger partial charge in [0.15, 0.2) is 0 Å². The van der Waals surface area contributed by atoms with Gasteiger partial charge in [0.1, 0.15) is 11.6 Å². The van der Waals surface area contributed by atoms with Crippen LogP contribution in [0.1, 0.15) is 71.6 Å². The van der Waals surface area contributed by atoms with Gasteiger partial charge in [-0.2, -0.15) is 0 Å². The van der Waals surface area contributed by atoms with E-state index >= 15 is 0 Å². The van der Waals surface area contributed by atoms with Gasteiger partial charge in [-0.25, -0.2) is 0 Å². The highest BCUT2D eigenvalue weighted by molar-refractivity contribution is 5.87. The molecule has 1 N–H and O–H groups in total. The standard InChI is InChI=1S/C22H33NO2/c1-3-23-13-12-22-11-8-16(24)14-15(22)4-5-17-18-6-7-20(25)21(18,2)10-9-19(17)22/h4,17-19,23H,3,5-14H2,1-2H3/t17-,18-,19-,21-,22?/m0/s1. The Kier molecular flexibility index (Phi) is 4.42. The summed E-state index contributed by atoms with van der Waals surface area (Å²) in [4.78, 5) is 24.7. The molecule has 25 heavy (non-hydrogen) atoms. The summed E-state index contributed by atoms with van der Waals surface area (Å²) in [6, 6.07) is 0. The lowest BCUT2D eigenvalue weighted by Crippen LogP contribution is -2.52. The van der Waals surface area contributed by atoms with Crippen LogP contribution in [0.3, 0.4) is 0 Å². The molecular formula is C22H33NO2. The van der Waals surface area contributed by atoms with Gasteiger partial charge in [-0.05, 0) is 74.8 Å². The molecule has 5 atom stereocenters. The van der Waals surface area contributed by atoms with E-state index < -0.39 is 0 Å². The zero-order valence-corrected chi connectivity index (χ0v) is 15.9. The van der Waals surface area contributed by atoms with Gasteiger partial charge in [0.25, 0.3) is 0 Å². The van der Waals surface area contributed by atoms with Gasteiger partial charge in [0.2, 0.25) is 0 Å². The smallest absolute Gasteiger partial charge is 0.139 e. The van der Waals surface area contributed by atoms with Crippen LogP contribution in [0.25, 0.3) is 0 Å². The average Bonchev–Trinajstić information content (AvgIpc) is 2.91. The fraction of sp³-hybridized carbons (Fsp3) is 0.818. The second kappa shape index (κ2) is 6.33. The molecule has 0 aliphatic heterocycles. The molecule has 0 amide bonds. The third-order valence-corrected chi connectivity index (χ3v) is 8.37. The van der Waals surface area contributed by atoms with Gasteiger partial charge in [-0.1, -0.05) is 25.5 Å². The molecule has 0 bridgehead atoms. The Morgan fingerprint density at radius 1 is 1.16 bits per heavy atom. The van der Waals surface area contributed by atoms with Gasteiger partial charge < -0.3 is 5.32 Å². The van der Waals surface area contributed by atoms with Gasteiger partial charge in [0, 0.05) is 24.7 Å². The Morgan fingerprint density at radius 3 is 2.80 bits per heavy atom. The highest BCUT2D eigenvalue weighted by atomic mass is 16.1. The molecule has 0 spiro atoms. The minimum Gasteiger partial charge on any atom is -0.317 e. The quantitative estimate of drug-likeness (QED) is 0.618. The minimum atomic E-state index is -0.0557. The van der Waals surface area contributed by atoms with Crippen LogP contribution in [0, 0.1) is 28.6 Å². The maximum Gasteiger partial charge on any atom is 0.139 e.